The van der Waals surface area contributed by atoms with Gasteiger partial charge in [0.05, 0.1) is 26.8 Å². The van der Waals surface area contributed by atoms with Gasteiger partial charge < -0.3 is 10.6 Å². The lowest BCUT2D eigenvalue weighted by atomic mass is 9.96. The molecule has 2 atom stereocenters. The van der Waals surface area contributed by atoms with Gasteiger partial charge in [-0.2, -0.15) is 26.3 Å². The number of allylic oxidation sites excluding steroid dienone is 1. The maximum absolute atomic E-state index is 14.9. The Balaban J connectivity index is 2.26. The molecule has 0 bridgehead atoms. The zero-order chi connectivity index (χ0) is 28.3. The van der Waals surface area contributed by atoms with Gasteiger partial charge in [-0.05, 0) is 58.8 Å². The molecule has 2 N–H and O–H groups in total. The van der Waals surface area contributed by atoms with Crippen LogP contribution >= 0.6 is 50.7 Å². The maximum Gasteiger partial charge on any atom is 0.399 e. The van der Waals surface area contributed by atoms with Gasteiger partial charge in [-0.1, -0.05) is 40.9 Å². The van der Waals surface area contributed by atoms with Crippen LogP contribution in [0.4, 0.5) is 30.7 Å². The predicted octanol–water partition coefficient (Wildman–Crippen LogP) is 8.21. The Kier molecular flexibility index (Phi) is 10.3. The van der Waals surface area contributed by atoms with E-state index in [2.05, 4.69) is 21.2 Å². The quantitative estimate of drug-likeness (QED) is 0.179. The zero-order valence-electron chi connectivity index (χ0n) is 18.3. The van der Waals surface area contributed by atoms with Crippen LogP contribution in [0.1, 0.15) is 40.7 Å². The molecule has 37 heavy (non-hydrogen) atoms. The highest BCUT2D eigenvalue weighted by atomic mass is 79.9. The first-order valence-corrected chi connectivity index (χ1v) is 11.9. The largest absolute Gasteiger partial charge is 0.399 e. The standard InChI is InChI=1S/C22H15BrCl3F7N2O2/c1-9(34-18(36)8-21(28,29)30)35-20(37)12-3-2-10(4-14(12)23)17(27)7-13(22(31,32)33)11-5-15(24)19(26)16(25)6-11/h2-7,9,13H,8H2,1H3,(H,34,36)(H,35,37)/b17-7-. The highest BCUT2D eigenvalue weighted by molar-refractivity contribution is 9.10. The highest BCUT2D eigenvalue weighted by Gasteiger charge is 2.40. The lowest BCUT2D eigenvalue weighted by Gasteiger charge is -2.19. The first-order chi connectivity index (χ1) is 16.9. The molecule has 2 unspecified atom stereocenters. The van der Waals surface area contributed by atoms with Crippen molar-refractivity contribution >= 4 is 68.4 Å². The van der Waals surface area contributed by atoms with E-state index in [1.54, 1.807) is 0 Å². The van der Waals surface area contributed by atoms with Crippen LogP contribution in [-0.2, 0) is 4.79 Å². The van der Waals surface area contributed by atoms with E-state index in [-0.39, 0.29) is 30.7 Å². The number of carbonyl (C=O) groups is 2. The third kappa shape index (κ3) is 9.05. The summed E-state index contributed by atoms with van der Waals surface area (Å²) in [7, 11) is 0. The average Bonchev–Trinajstić information content (AvgIpc) is 2.72. The Hall–Kier alpha value is -2.02. The molecule has 0 spiro atoms. The van der Waals surface area contributed by atoms with Crippen molar-refractivity contribution in [3.05, 3.63) is 72.6 Å². The van der Waals surface area contributed by atoms with E-state index < -0.39 is 54.1 Å². The van der Waals surface area contributed by atoms with E-state index in [1.807, 2.05) is 5.32 Å². The van der Waals surface area contributed by atoms with E-state index in [0.29, 0.717) is 6.08 Å². The number of hydrogen-bond donors (Lipinski definition) is 2. The number of rotatable bonds is 7. The zero-order valence-corrected chi connectivity index (χ0v) is 22.2. The molecule has 2 rings (SSSR count). The predicted molar refractivity (Wildman–Crippen MR) is 129 cm³/mol. The van der Waals surface area contributed by atoms with E-state index >= 15 is 0 Å². The summed E-state index contributed by atoms with van der Waals surface area (Å²) in [6, 6.07) is 4.95. The van der Waals surface area contributed by atoms with Crippen LogP contribution in [0.25, 0.3) is 5.83 Å². The second kappa shape index (κ2) is 12.2. The number of benzene rings is 2. The van der Waals surface area contributed by atoms with Crippen molar-refractivity contribution in [2.24, 2.45) is 0 Å². The SMILES string of the molecule is CC(NC(=O)CC(F)(F)F)NC(=O)c1ccc(/C(F)=C/C(c2cc(Cl)c(Cl)c(Cl)c2)C(F)(F)F)cc1Br. The summed E-state index contributed by atoms with van der Waals surface area (Å²) in [5, 5.41) is 3.50. The van der Waals surface area contributed by atoms with Gasteiger partial charge in [0.25, 0.3) is 5.91 Å². The van der Waals surface area contributed by atoms with Crippen molar-refractivity contribution in [3.8, 4) is 0 Å². The monoisotopic (exact) mass is 656 g/mol. The van der Waals surface area contributed by atoms with Crippen molar-refractivity contribution in [3.63, 3.8) is 0 Å². The van der Waals surface area contributed by atoms with Crippen LogP contribution in [0.5, 0.6) is 0 Å². The lowest BCUT2D eigenvalue weighted by molar-refractivity contribution is -0.154. The molecule has 0 fully saturated rings. The number of amides is 2. The highest BCUT2D eigenvalue weighted by Crippen LogP contribution is 2.42. The van der Waals surface area contributed by atoms with Crippen molar-refractivity contribution in [2.45, 2.75) is 37.8 Å². The summed E-state index contributed by atoms with van der Waals surface area (Å²) in [6.07, 6.45) is -12.3. The van der Waals surface area contributed by atoms with Gasteiger partial charge in [-0.15, -0.1) is 0 Å². The summed E-state index contributed by atoms with van der Waals surface area (Å²) in [4.78, 5) is 23.7. The van der Waals surface area contributed by atoms with Crippen molar-refractivity contribution in [2.75, 3.05) is 0 Å². The molecule has 0 aliphatic carbocycles. The van der Waals surface area contributed by atoms with Gasteiger partial charge >= 0.3 is 12.4 Å². The van der Waals surface area contributed by atoms with Gasteiger partial charge in [0.15, 0.2) is 0 Å². The molecule has 4 nitrogen and oxygen atoms in total. The molecule has 202 valence electrons. The number of nitrogens with one attached hydrogen (secondary N) is 2. The minimum absolute atomic E-state index is 0.0407. The topological polar surface area (TPSA) is 58.2 Å². The van der Waals surface area contributed by atoms with Crippen LogP contribution in [-0.4, -0.2) is 30.3 Å². The third-order valence-electron chi connectivity index (χ3n) is 4.61. The fourth-order valence-corrected chi connectivity index (χ4v) is 4.18. The van der Waals surface area contributed by atoms with E-state index in [0.717, 1.165) is 30.3 Å². The van der Waals surface area contributed by atoms with Crippen LogP contribution in [0.3, 0.4) is 0 Å². The molecule has 0 aliphatic rings. The van der Waals surface area contributed by atoms with Crippen LogP contribution in [0.15, 0.2) is 40.9 Å². The molecule has 0 aromatic heterocycles. The van der Waals surface area contributed by atoms with E-state index in [1.165, 1.54) is 6.92 Å². The van der Waals surface area contributed by atoms with Gasteiger partial charge in [-0.3, -0.25) is 9.59 Å². The first kappa shape index (κ1) is 31.2. The minimum Gasteiger partial charge on any atom is -0.336 e. The smallest absolute Gasteiger partial charge is 0.336 e. The van der Waals surface area contributed by atoms with Crippen molar-refractivity contribution in [1.82, 2.24) is 10.6 Å². The summed E-state index contributed by atoms with van der Waals surface area (Å²) in [5.74, 6) is -5.96. The van der Waals surface area contributed by atoms with E-state index in [4.69, 9.17) is 34.8 Å². The summed E-state index contributed by atoms with van der Waals surface area (Å²) in [5.41, 5.74) is -0.911. The molecular weight excluding hydrogens is 644 g/mol. The molecular formula is C22H15BrCl3F7N2O2. The fourth-order valence-electron chi connectivity index (χ4n) is 3.01. The molecule has 2 aromatic rings. The summed E-state index contributed by atoms with van der Waals surface area (Å²) >= 11 is 20.4. The van der Waals surface area contributed by atoms with Crippen molar-refractivity contribution in [1.29, 1.82) is 0 Å². The molecule has 0 radical (unpaired) electrons. The Morgan fingerprint density at radius 2 is 1.57 bits per heavy atom. The number of carbonyl (C=O) groups excluding carboxylic acids is 2. The average molecular weight is 659 g/mol. The van der Waals surface area contributed by atoms with Gasteiger partial charge in [0, 0.05) is 10.0 Å². The Labute approximate surface area is 229 Å². The Morgan fingerprint density at radius 3 is 2.05 bits per heavy atom. The lowest BCUT2D eigenvalue weighted by Crippen LogP contribution is -2.46. The minimum atomic E-state index is -4.93. The van der Waals surface area contributed by atoms with Crippen LogP contribution < -0.4 is 10.6 Å². The molecule has 2 aromatic carbocycles. The number of halogens is 11. The molecule has 0 heterocycles. The van der Waals surface area contributed by atoms with Gasteiger partial charge in [-0.25, -0.2) is 4.39 Å². The molecule has 0 saturated heterocycles. The molecule has 0 aliphatic heterocycles. The second-order valence-electron chi connectivity index (χ2n) is 7.58. The van der Waals surface area contributed by atoms with Gasteiger partial charge in [0.1, 0.15) is 18.2 Å². The molecule has 2 amide bonds. The normalized spacial score (nSPS) is 14.2. The van der Waals surface area contributed by atoms with Crippen molar-refractivity contribution < 1.29 is 40.3 Å². The van der Waals surface area contributed by atoms with Crippen LogP contribution in [0.2, 0.25) is 15.1 Å². The summed E-state index contributed by atoms with van der Waals surface area (Å²) < 4.78 is 92.8. The summed E-state index contributed by atoms with van der Waals surface area (Å²) in [6.45, 7) is 1.21. The second-order valence-corrected chi connectivity index (χ2v) is 9.63. The number of alkyl halides is 6. The number of hydrogen-bond acceptors (Lipinski definition) is 2. The Morgan fingerprint density at radius 1 is 1.00 bits per heavy atom. The Bertz CT molecular complexity index is 1200. The van der Waals surface area contributed by atoms with E-state index in [9.17, 15) is 40.3 Å². The van der Waals surface area contributed by atoms with Gasteiger partial charge in [0.2, 0.25) is 5.91 Å². The van der Waals surface area contributed by atoms with Crippen LogP contribution in [0, 0.1) is 0 Å². The first-order valence-electron chi connectivity index (χ1n) is 9.94. The molecule has 15 heteroatoms. The molecule has 0 saturated carbocycles. The maximum atomic E-state index is 14.9. The third-order valence-corrected chi connectivity index (χ3v) is 6.46. The fraction of sp³-hybridized carbons (Fsp3) is 0.273.